The van der Waals surface area contributed by atoms with E-state index in [4.69, 9.17) is 4.74 Å². The quantitative estimate of drug-likeness (QED) is 0.646. The van der Waals surface area contributed by atoms with Crippen molar-refractivity contribution in [1.82, 2.24) is 0 Å². The molecule has 136 valence electrons. The van der Waals surface area contributed by atoms with Crippen LogP contribution in [0.4, 0.5) is 10.1 Å². The van der Waals surface area contributed by atoms with Crippen LogP contribution in [0, 0.1) is 5.82 Å². The highest BCUT2D eigenvalue weighted by molar-refractivity contribution is 6.17. The summed E-state index contributed by atoms with van der Waals surface area (Å²) >= 11 is 0. The lowest BCUT2D eigenvalue weighted by Crippen LogP contribution is -2.17. The van der Waals surface area contributed by atoms with E-state index in [0.717, 1.165) is 0 Å². The number of hydrogen-bond acceptors (Lipinski definition) is 3. The van der Waals surface area contributed by atoms with Crippen molar-refractivity contribution in [2.45, 2.75) is 6.92 Å². The number of hydrogen-bond donors (Lipinski definition) is 1. The second-order valence-electron chi connectivity index (χ2n) is 5.77. The van der Waals surface area contributed by atoms with Gasteiger partial charge >= 0.3 is 0 Å². The zero-order valence-corrected chi connectivity index (χ0v) is 14.7. The second-order valence-corrected chi connectivity index (χ2v) is 5.77. The van der Waals surface area contributed by atoms with E-state index in [1.807, 2.05) is 6.07 Å². The number of ketones is 1. The van der Waals surface area contributed by atoms with Crippen LogP contribution in [0.2, 0.25) is 0 Å². The first-order valence-corrected chi connectivity index (χ1v) is 8.52. The molecule has 0 aliphatic rings. The highest BCUT2D eigenvalue weighted by atomic mass is 19.1. The molecular formula is C22H18FNO3. The first kappa shape index (κ1) is 18.3. The minimum absolute atomic E-state index is 0.121. The van der Waals surface area contributed by atoms with Crippen LogP contribution in [0.3, 0.4) is 0 Å². The summed E-state index contributed by atoms with van der Waals surface area (Å²) in [7, 11) is 0. The first-order chi connectivity index (χ1) is 13.1. The molecule has 0 fully saturated rings. The zero-order valence-electron chi connectivity index (χ0n) is 14.7. The van der Waals surface area contributed by atoms with Crippen LogP contribution in [0.1, 0.15) is 33.2 Å². The van der Waals surface area contributed by atoms with Crippen molar-refractivity contribution in [2.75, 3.05) is 11.9 Å². The fourth-order valence-corrected chi connectivity index (χ4v) is 2.67. The van der Waals surface area contributed by atoms with Crippen LogP contribution in [-0.4, -0.2) is 18.3 Å². The number of amides is 1. The van der Waals surface area contributed by atoms with Crippen molar-refractivity contribution in [1.29, 1.82) is 0 Å². The Morgan fingerprint density at radius 2 is 1.59 bits per heavy atom. The van der Waals surface area contributed by atoms with Gasteiger partial charge in [0.15, 0.2) is 17.3 Å². The summed E-state index contributed by atoms with van der Waals surface area (Å²) in [5, 5.41) is 2.63. The fourth-order valence-electron chi connectivity index (χ4n) is 2.67. The lowest BCUT2D eigenvalue weighted by atomic mass is 9.98. The van der Waals surface area contributed by atoms with Gasteiger partial charge in [-0.3, -0.25) is 9.59 Å². The highest BCUT2D eigenvalue weighted by Crippen LogP contribution is 2.22. The van der Waals surface area contributed by atoms with Gasteiger partial charge in [-0.2, -0.15) is 0 Å². The molecule has 0 heterocycles. The molecule has 5 heteroatoms. The molecule has 4 nitrogen and oxygen atoms in total. The number of ether oxygens (including phenoxy) is 1. The van der Waals surface area contributed by atoms with Crippen molar-refractivity contribution in [3.05, 3.63) is 95.3 Å². The molecule has 0 bridgehead atoms. The summed E-state index contributed by atoms with van der Waals surface area (Å²) in [6.45, 7) is 2.10. The maximum atomic E-state index is 14.0. The van der Waals surface area contributed by atoms with E-state index in [1.165, 1.54) is 12.1 Å². The maximum Gasteiger partial charge on any atom is 0.256 e. The highest BCUT2D eigenvalue weighted by Gasteiger charge is 2.18. The summed E-state index contributed by atoms with van der Waals surface area (Å²) in [5.74, 6) is -1.18. The molecule has 0 unspecified atom stereocenters. The summed E-state index contributed by atoms with van der Waals surface area (Å²) < 4.78 is 19.1. The van der Waals surface area contributed by atoms with Gasteiger partial charge in [0, 0.05) is 22.9 Å². The molecule has 3 rings (SSSR count). The van der Waals surface area contributed by atoms with Crippen molar-refractivity contribution >= 4 is 17.4 Å². The van der Waals surface area contributed by atoms with Gasteiger partial charge in [0.05, 0.1) is 12.2 Å². The Hall–Kier alpha value is -3.47. The van der Waals surface area contributed by atoms with Gasteiger partial charge in [-0.1, -0.05) is 48.5 Å². The molecular weight excluding hydrogens is 345 g/mol. The second kappa shape index (κ2) is 8.27. The first-order valence-electron chi connectivity index (χ1n) is 8.52. The minimum Gasteiger partial charge on any atom is -0.491 e. The smallest absolute Gasteiger partial charge is 0.256 e. The lowest BCUT2D eigenvalue weighted by molar-refractivity contribution is 0.0996. The minimum atomic E-state index is -0.566. The molecule has 0 saturated carbocycles. The van der Waals surface area contributed by atoms with Crippen LogP contribution in [0.5, 0.6) is 5.75 Å². The van der Waals surface area contributed by atoms with Crippen molar-refractivity contribution in [3.8, 4) is 5.75 Å². The monoisotopic (exact) mass is 363 g/mol. The standard InChI is InChI=1S/C22H18FNO3/c1-2-27-20-13-12-16(14-19(20)23)24-22(26)18-11-7-6-10-17(18)21(25)15-8-4-3-5-9-15/h3-14H,2H2,1H3,(H,24,26). The van der Waals surface area contributed by atoms with Gasteiger partial charge in [-0.15, -0.1) is 0 Å². The molecule has 0 aromatic heterocycles. The van der Waals surface area contributed by atoms with E-state index in [1.54, 1.807) is 61.5 Å². The van der Waals surface area contributed by atoms with Gasteiger partial charge in [-0.25, -0.2) is 4.39 Å². The molecule has 3 aromatic carbocycles. The van der Waals surface area contributed by atoms with E-state index < -0.39 is 11.7 Å². The Morgan fingerprint density at radius 3 is 2.26 bits per heavy atom. The summed E-state index contributed by atoms with van der Waals surface area (Å²) in [5.41, 5.74) is 1.28. The van der Waals surface area contributed by atoms with E-state index in [9.17, 15) is 14.0 Å². The summed E-state index contributed by atoms with van der Waals surface area (Å²) in [6, 6.07) is 19.5. The molecule has 27 heavy (non-hydrogen) atoms. The van der Waals surface area contributed by atoms with Crippen LogP contribution in [-0.2, 0) is 0 Å². The number of carbonyl (C=O) groups is 2. The average Bonchev–Trinajstić information content (AvgIpc) is 2.70. The molecule has 1 amide bonds. The van der Waals surface area contributed by atoms with Gasteiger partial charge in [0.1, 0.15) is 0 Å². The number of halogens is 1. The molecule has 0 atom stereocenters. The SMILES string of the molecule is CCOc1ccc(NC(=O)c2ccccc2C(=O)c2ccccc2)cc1F. The largest absolute Gasteiger partial charge is 0.491 e. The van der Waals surface area contributed by atoms with Gasteiger partial charge < -0.3 is 10.1 Å². The van der Waals surface area contributed by atoms with Crippen LogP contribution >= 0.6 is 0 Å². The molecule has 0 aliphatic carbocycles. The van der Waals surface area contributed by atoms with Crippen molar-refractivity contribution in [2.24, 2.45) is 0 Å². The van der Waals surface area contributed by atoms with Crippen molar-refractivity contribution in [3.63, 3.8) is 0 Å². The van der Waals surface area contributed by atoms with Crippen LogP contribution < -0.4 is 10.1 Å². The summed E-state index contributed by atoms with van der Waals surface area (Å²) in [6.07, 6.45) is 0. The predicted molar refractivity (Wildman–Crippen MR) is 102 cm³/mol. The predicted octanol–water partition coefficient (Wildman–Crippen LogP) is 4.71. The van der Waals surface area contributed by atoms with Crippen molar-refractivity contribution < 1.29 is 18.7 Å². The third-order valence-corrected chi connectivity index (χ3v) is 3.94. The Balaban J connectivity index is 1.86. The molecule has 0 saturated heterocycles. The molecule has 0 aliphatic heterocycles. The van der Waals surface area contributed by atoms with E-state index in [-0.39, 0.29) is 28.3 Å². The Kier molecular flexibility index (Phi) is 5.61. The third-order valence-electron chi connectivity index (χ3n) is 3.94. The zero-order chi connectivity index (χ0) is 19.2. The molecule has 1 N–H and O–H groups in total. The summed E-state index contributed by atoms with van der Waals surface area (Å²) in [4.78, 5) is 25.4. The molecule has 0 spiro atoms. The topological polar surface area (TPSA) is 55.4 Å². The number of carbonyl (C=O) groups excluding carboxylic acids is 2. The van der Waals surface area contributed by atoms with Crippen LogP contribution in [0.15, 0.2) is 72.8 Å². The van der Waals surface area contributed by atoms with Gasteiger partial charge in [0.25, 0.3) is 5.91 Å². The maximum absolute atomic E-state index is 14.0. The lowest BCUT2D eigenvalue weighted by Gasteiger charge is -2.11. The Morgan fingerprint density at radius 1 is 0.926 bits per heavy atom. The number of anilines is 1. The molecule has 0 radical (unpaired) electrons. The number of nitrogens with one attached hydrogen (secondary N) is 1. The Labute approximate surface area is 156 Å². The molecule has 3 aromatic rings. The van der Waals surface area contributed by atoms with E-state index in [0.29, 0.717) is 12.2 Å². The van der Waals surface area contributed by atoms with Gasteiger partial charge in [-0.05, 0) is 25.1 Å². The Bertz CT molecular complexity index is 970. The number of rotatable bonds is 6. The normalized spacial score (nSPS) is 10.3. The van der Waals surface area contributed by atoms with Gasteiger partial charge in [0.2, 0.25) is 0 Å². The average molecular weight is 363 g/mol. The van der Waals surface area contributed by atoms with E-state index >= 15 is 0 Å². The van der Waals surface area contributed by atoms with Crippen LogP contribution in [0.25, 0.3) is 0 Å². The third kappa shape index (κ3) is 4.20. The number of benzene rings is 3. The fraction of sp³-hybridized carbons (Fsp3) is 0.0909. The van der Waals surface area contributed by atoms with E-state index in [2.05, 4.69) is 5.32 Å².